The third-order valence-electron chi connectivity index (χ3n) is 2.71. The molecule has 2 aromatic rings. The molecule has 2 aromatic carbocycles. The second-order valence-electron chi connectivity index (χ2n) is 4.48. The third kappa shape index (κ3) is 4.61. The number of ether oxygens (including phenoxy) is 1. The molecule has 1 N–H and O–H groups in total. The topological polar surface area (TPSA) is 79.2 Å². The molecular formula is C16H10F2N2O3. The van der Waals surface area contributed by atoms with Gasteiger partial charge in [0.2, 0.25) is 0 Å². The second-order valence-corrected chi connectivity index (χ2v) is 4.48. The Hall–Kier alpha value is -3.27. The minimum absolute atomic E-state index is 0.332. The van der Waals surface area contributed by atoms with Gasteiger partial charge in [-0.25, -0.2) is 13.6 Å². The molecule has 0 saturated carbocycles. The van der Waals surface area contributed by atoms with E-state index in [4.69, 9.17) is 5.26 Å². The van der Waals surface area contributed by atoms with Crippen LogP contribution >= 0.6 is 0 Å². The quantitative estimate of drug-likeness (QED) is 0.879. The van der Waals surface area contributed by atoms with E-state index in [0.29, 0.717) is 17.3 Å². The van der Waals surface area contributed by atoms with E-state index < -0.39 is 30.1 Å². The van der Waals surface area contributed by atoms with Gasteiger partial charge in [0.15, 0.2) is 6.61 Å². The first-order chi connectivity index (χ1) is 11.0. The maximum absolute atomic E-state index is 13.0. The Kier molecular flexibility index (Phi) is 5.00. The average Bonchev–Trinajstić information content (AvgIpc) is 2.51. The van der Waals surface area contributed by atoms with Gasteiger partial charge in [-0.2, -0.15) is 5.26 Å². The number of carbonyl (C=O) groups excluding carboxylic acids is 2. The molecule has 23 heavy (non-hydrogen) atoms. The number of benzene rings is 2. The minimum atomic E-state index is -1.02. The SMILES string of the molecule is N#Cc1cccc(NC(=O)COC(=O)c2cc(F)cc(F)c2)c1. The first-order valence-electron chi connectivity index (χ1n) is 6.41. The molecule has 0 aliphatic heterocycles. The van der Waals surface area contributed by atoms with Gasteiger partial charge >= 0.3 is 5.97 Å². The maximum atomic E-state index is 13.0. The zero-order valence-corrected chi connectivity index (χ0v) is 11.7. The van der Waals surface area contributed by atoms with Crippen molar-refractivity contribution in [1.29, 1.82) is 5.26 Å². The lowest BCUT2D eigenvalue weighted by Gasteiger charge is -2.07. The predicted molar refractivity (Wildman–Crippen MR) is 76.4 cm³/mol. The van der Waals surface area contributed by atoms with Crippen molar-refractivity contribution in [2.45, 2.75) is 0 Å². The monoisotopic (exact) mass is 316 g/mol. The molecule has 0 atom stereocenters. The lowest BCUT2D eigenvalue weighted by Crippen LogP contribution is -2.21. The van der Waals surface area contributed by atoms with E-state index >= 15 is 0 Å². The number of nitriles is 1. The number of carbonyl (C=O) groups is 2. The van der Waals surface area contributed by atoms with Crippen molar-refractivity contribution in [3.63, 3.8) is 0 Å². The molecule has 0 bridgehead atoms. The van der Waals surface area contributed by atoms with Gasteiger partial charge in [-0.1, -0.05) is 6.07 Å². The molecule has 0 aliphatic carbocycles. The summed E-state index contributed by atoms with van der Waals surface area (Å²) in [6, 6.07) is 10.3. The maximum Gasteiger partial charge on any atom is 0.338 e. The molecule has 0 saturated heterocycles. The first-order valence-corrected chi connectivity index (χ1v) is 6.41. The van der Waals surface area contributed by atoms with Crippen LogP contribution in [0.1, 0.15) is 15.9 Å². The van der Waals surface area contributed by atoms with Crippen LogP contribution in [0.3, 0.4) is 0 Å². The standard InChI is InChI=1S/C16H10F2N2O3/c17-12-5-11(6-13(18)7-12)16(22)23-9-15(21)20-14-3-1-2-10(4-14)8-19/h1-7H,9H2,(H,20,21). The highest BCUT2D eigenvalue weighted by Gasteiger charge is 2.13. The summed E-state index contributed by atoms with van der Waals surface area (Å²) in [6.07, 6.45) is 0. The Morgan fingerprint density at radius 2 is 1.83 bits per heavy atom. The number of nitrogens with one attached hydrogen (secondary N) is 1. The zero-order valence-electron chi connectivity index (χ0n) is 11.7. The summed E-state index contributed by atoms with van der Waals surface area (Å²) in [5, 5.41) is 11.2. The second kappa shape index (κ2) is 7.13. The number of esters is 1. The largest absolute Gasteiger partial charge is 0.452 e. The van der Waals surface area contributed by atoms with E-state index in [1.165, 1.54) is 6.07 Å². The molecule has 2 rings (SSSR count). The molecule has 1 amide bonds. The van der Waals surface area contributed by atoms with Crippen LogP contribution in [-0.4, -0.2) is 18.5 Å². The molecule has 0 aliphatic rings. The Bertz CT molecular complexity index is 780. The Morgan fingerprint density at radius 3 is 2.48 bits per heavy atom. The van der Waals surface area contributed by atoms with Crippen molar-refractivity contribution >= 4 is 17.6 Å². The van der Waals surface area contributed by atoms with Gasteiger partial charge in [0.05, 0.1) is 17.2 Å². The number of hydrogen-bond donors (Lipinski definition) is 1. The lowest BCUT2D eigenvalue weighted by molar-refractivity contribution is -0.119. The third-order valence-corrected chi connectivity index (χ3v) is 2.71. The number of rotatable bonds is 4. The number of amides is 1. The van der Waals surface area contributed by atoms with Crippen LogP contribution < -0.4 is 5.32 Å². The van der Waals surface area contributed by atoms with Crippen LogP contribution in [0, 0.1) is 23.0 Å². The molecule has 116 valence electrons. The highest BCUT2D eigenvalue weighted by atomic mass is 19.1. The summed E-state index contributed by atoms with van der Waals surface area (Å²) >= 11 is 0. The Morgan fingerprint density at radius 1 is 1.13 bits per heavy atom. The van der Waals surface area contributed by atoms with Crippen LogP contribution in [0.2, 0.25) is 0 Å². The Balaban J connectivity index is 1.93. The van der Waals surface area contributed by atoms with Crippen molar-refractivity contribution in [3.8, 4) is 6.07 Å². The summed E-state index contributed by atoms with van der Waals surface area (Å²) in [5.74, 6) is -3.51. The molecule has 0 unspecified atom stereocenters. The van der Waals surface area contributed by atoms with Crippen LogP contribution in [0.25, 0.3) is 0 Å². The summed E-state index contributed by atoms with van der Waals surface area (Å²) in [6.45, 7) is -0.631. The van der Waals surface area contributed by atoms with Crippen LogP contribution in [0.4, 0.5) is 14.5 Å². The van der Waals surface area contributed by atoms with Crippen LogP contribution in [0.5, 0.6) is 0 Å². The summed E-state index contributed by atoms with van der Waals surface area (Å²) in [5.41, 5.74) is 0.388. The molecule has 0 aromatic heterocycles. The van der Waals surface area contributed by atoms with E-state index in [1.54, 1.807) is 18.2 Å². The lowest BCUT2D eigenvalue weighted by atomic mass is 10.2. The number of halogens is 2. The fraction of sp³-hybridized carbons (Fsp3) is 0.0625. The normalized spacial score (nSPS) is 9.78. The molecular weight excluding hydrogens is 306 g/mol. The highest BCUT2D eigenvalue weighted by molar-refractivity contribution is 5.95. The van der Waals surface area contributed by atoms with Crippen molar-refractivity contribution in [2.75, 3.05) is 11.9 Å². The first kappa shape index (κ1) is 16.1. The minimum Gasteiger partial charge on any atom is -0.452 e. The zero-order chi connectivity index (χ0) is 16.8. The average molecular weight is 316 g/mol. The smallest absolute Gasteiger partial charge is 0.338 e. The summed E-state index contributed by atoms with van der Waals surface area (Å²) < 4.78 is 30.7. The van der Waals surface area contributed by atoms with Crippen molar-refractivity contribution in [2.24, 2.45) is 0 Å². The summed E-state index contributed by atoms with van der Waals surface area (Å²) in [7, 11) is 0. The molecule has 7 heteroatoms. The van der Waals surface area contributed by atoms with Gasteiger partial charge in [0, 0.05) is 11.8 Å². The molecule has 5 nitrogen and oxygen atoms in total. The van der Waals surface area contributed by atoms with E-state index in [9.17, 15) is 18.4 Å². The summed E-state index contributed by atoms with van der Waals surface area (Å²) in [4.78, 5) is 23.3. The number of hydrogen-bond acceptors (Lipinski definition) is 4. The molecule has 0 radical (unpaired) electrons. The molecule has 0 heterocycles. The van der Waals surface area contributed by atoms with E-state index in [-0.39, 0.29) is 5.56 Å². The van der Waals surface area contributed by atoms with Crippen molar-refractivity contribution < 1.29 is 23.1 Å². The predicted octanol–water partition coefficient (Wildman–Crippen LogP) is 2.63. The fourth-order valence-electron chi connectivity index (χ4n) is 1.75. The van der Waals surface area contributed by atoms with E-state index in [2.05, 4.69) is 10.1 Å². The van der Waals surface area contributed by atoms with Gasteiger partial charge in [-0.15, -0.1) is 0 Å². The number of nitrogens with zero attached hydrogens (tertiary/aromatic N) is 1. The van der Waals surface area contributed by atoms with Crippen molar-refractivity contribution in [3.05, 3.63) is 65.2 Å². The van der Waals surface area contributed by atoms with Crippen LogP contribution in [-0.2, 0) is 9.53 Å². The number of anilines is 1. The van der Waals surface area contributed by atoms with Gasteiger partial charge in [0.1, 0.15) is 11.6 Å². The van der Waals surface area contributed by atoms with Gasteiger partial charge in [0.25, 0.3) is 5.91 Å². The van der Waals surface area contributed by atoms with Gasteiger partial charge in [-0.05, 0) is 30.3 Å². The Labute approximate surface area is 130 Å². The van der Waals surface area contributed by atoms with Crippen LogP contribution in [0.15, 0.2) is 42.5 Å². The van der Waals surface area contributed by atoms with E-state index in [1.807, 2.05) is 6.07 Å². The van der Waals surface area contributed by atoms with E-state index in [0.717, 1.165) is 12.1 Å². The molecule has 0 spiro atoms. The fourth-order valence-corrected chi connectivity index (χ4v) is 1.75. The van der Waals surface area contributed by atoms with Gasteiger partial charge in [-0.3, -0.25) is 4.79 Å². The van der Waals surface area contributed by atoms with Crippen molar-refractivity contribution in [1.82, 2.24) is 0 Å². The highest BCUT2D eigenvalue weighted by Crippen LogP contribution is 2.11. The molecule has 0 fully saturated rings. The van der Waals surface area contributed by atoms with Gasteiger partial charge < -0.3 is 10.1 Å².